The summed E-state index contributed by atoms with van der Waals surface area (Å²) in [5.41, 5.74) is 0.240. The van der Waals surface area contributed by atoms with Gasteiger partial charge in [0.1, 0.15) is 24.2 Å². The number of methoxy groups -OCH3 is 2. The molecule has 0 saturated carbocycles. The second-order valence-corrected chi connectivity index (χ2v) is 10.8. The van der Waals surface area contributed by atoms with Crippen LogP contribution in [0.4, 0.5) is 0 Å². The van der Waals surface area contributed by atoms with Crippen LogP contribution >= 0.6 is 0 Å². The average molecular weight is 687 g/mol. The third-order valence-corrected chi connectivity index (χ3v) is 6.95. The number of benzene rings is 2. The minimum atomic E-state index is -4.90. The van der Waals surface area contributed by atoms with Crippen LogP contribution in [0.25, 0.3) is 0 Å². The number of rotatable bonds is 14. The molecule has 5 atom stereocenters. The Morgan fingerprint density at radius 2 is 1.28 bits per heavy atom. The van der Waals surface area contributed by atoms with E-state index >= 15 is 0 Å². The van der Waals surface area contributed by atoms with Crippen LogP contribution in [0.3, 0.4) is 0 Å². The molecule has 2 unspecified atom stereocenters. The number of esters is 4. The van der Waals surface area contributed by atoms with Crippen molar-refractivity contribution in [3.05, 3.63) is 42.0 Å². The summed E-state index contributed by atoms with van der Waals surface area (Å²) in [6.07, 6.45) is -7.57. The molecule has 0 spiro atoms. The molecule has 1 fully saturated rings. The van der Waals surface area contributed by atoms with E-state index in [-0.39, 0.29) is 28.6 Å². The van der Waals surface area contributed by atoms with E-state index in [0.717, 1.165) is 27.7 Å². The third-order valence-electron chi connectivity index (χ3n) is 6.17. The van der Waals surface area contributed by atoms with E-state index in [1.165, 1.54) is 50.6 Å². The van der Waals surface area contributed by atoms with E-state index in [2.05, 4.69) is 0 Å². The molecule has 1 aliphatic heterocycles. The molecule has 1 aliphatic rings. The first-order valence-corrected chi connectivity index (χ1v) is 15.1. The van der Waals surface area contributed by atoms with Gasteiger partial charge in [-0.3, -0.25) is 19.2 Å². The molecule has 0 aromatic heterocycles. The largest absolute Gasteiger partial charge is 0.501 e. The fourth-order valence-corrected chi connectivity index (χ4v) is 5.16. The van der Waals surface area contributed by atoms with Crippen LogP contribution in [-0.4, -0.2) is 88.9 Å². The lowest BCUT2D eigenvalue weighted by Gasteiger charge is -2.43. The Morgan fingerprint density at radius 3 is 1.79 bits per heavy atom. The minimum Gasteiger partial charge on any atom is -0.496 e. The summed E-state index contributed by atoms with van der Waals surface area (Å²) in [5.74, 6) is -4.12. The zero-order chi connectivity index (χ0) is 34.9. The van der Waals surface area contributed by atoms with Crippen LogP contribution in [0.5, 0.6) is 28.7 Å². The number of aliphatic hydroxyl groups excluding tert-OH is 1. The van der Waals surface area contributed by atoms with E-state index in [1.807, 2.05) is 0 Å². The quantitative estimate of drug-likeness (QED) is 0.219. The third kappa shape index (κ3) is 10.1. The first-order chi connectivity index (χ1) is 22.2. The predicted molar refractivity (Wildman–Crippen MR) is 155 cm³/mol. The van der Waals surface area contributed by atoms with Gasteiger partial charge in [0, 0.05) is 39.8 Å². The summed E-state index contributed by atoms with van der Waals surface area (Å²) in [6.45, 7) is 3.30. The Hall–Kier alpha value is -4.81. The lowest BCUT2D eigenvalue weighted by Crippen LogP contribution is -2.63. The number of carbonyl (C=O) groups is 4. The lowest BCUT2D eigenvalue weighted by atomic mass is 9.98. The Bertz CT molecular complexity index is 1530. The van der Waals surface area contributed by atoms with Crippen LogP contribution in [0.15, 0.2) is 36.4 Å². The van der Waals surface area contributed by atoms with Gasteiger partial charge in [0.05, 0.1) is 26.4 Å². The molecule has 0 bridgehead atoms. The fraction of sp³-hybridized carbons (Fsp3) is 0.448. The fourth-order valence-electron chi connectivity index (χ4n) is 4.43. The summed E-state index contributed by atoms with van der Waals surface area (Å²) >= 11 is 0. The average Bonchev–Trinajstić information content (AvgIpc) is 2.98. The van der Waals surface area contributed by atoms with Crippen molar-refractivity contribution in [2.24, 2.45) is 0 Å². The van der Waals surface area contributed by atoms with Crippen LogP contribution in [-0.2, 0) is 59.9 Å². The van der Waals surface area contributed by atoms with Gasteiger partial charge in [-0.15, -0.1) is 8.42 Å². The summed E-state index contributed by atoms with van der Waals surface area (Å²) in [4.78, 5) is 47.8. The van der Waals surface area contributed by atoms with Crippen LogP contribution < -0.4 is 22.6 Å². The molecule has 0 aliphatic carbocycles. The summed E-state index contributed by atoms with van der Waals surface area (Å²) in [6, 6.07) is 7.72. The van der Waals surface area contributed by atoms with Gasteiger partial charge >= 0.3 is 34.3 Å². The van der Waals surface area contributed by atoms with Gasteiger partial charge in [-0.1, -0.05) is 12.1 Å². The maximum atomic E-state index is 13.0. The highest BCUT2D eigenvalue weighted by atomic mass is 32.3. The second-order valence-electron chi connectivity index (χ2n) is 9.67. The van der Waals surface area contributed by atoms with Gasteiger partial charge in [0.25, 0.3) is 0 Å². The number of para-hydroxylation sites is 2. The van der Waals surface area contributed by atoms with Crippen molar-refractivity contribution in [2.75, 3.05) is 20.8 Å². The summed E-state index contributed by atoms with van der Waals surface area (Å²) in [7, 11) is -2.30. The molecule has 17 nitrogen and oxygen atoms in total. The molecule has 0 radical (unpaired) electrons. The van der Waals surface area contributed by atoms with Crippen LogP contribution in [0.1, 0.15) is 33.3 Å². The Kier molecular flexibility index (Phi) is 12.6. The van der Waals surface area contributed by atoms with Crippen molar-refractivity contribution in [3.63, 3.8) is 0 Å². The number of hydrogen-bond donors (Lipinski definition) is 1. The van der Waals surface area contributed by atoms with E-state index in [4.69, 9.17) is 46.3 Å². The zero-order valence-corrected chi connectivity index (χ0v) is 27.0. The Labute approximate surface area is 269 Å². The van der Waals surface area contributed by atoms with Crippen molar-refractivity contribution in [1.29, 1.82) is 0 Å². The monoisotopic (exact) mass is 686 g/mol. The summed E-state index contributed by atoms with van der Waals surface area (Å²) < 4.78 is 79.6. The van der Waals surface area contributed by atoms with Crippen molar-refractivity contribution < 1.29 is 79.0 Å². The molecule has 258 valence electrons. The second kappa shape index (κ2) is 16.1. The van der Waals surface area contributed by atoms with Crippen LogP contribution in [0, 0.1) is 0 Å². The van der Waals surface area contributed by atoms with Crippen molar-refractivity contribution >= 4 is 34.3 Å². The molecule has 47 heavy (non-hydrogen) atoms. The first-order valence-electron chi connectivity index (χ1n) is 13.7. The maximum Gasteiger partial charge on any atom is 0.501 e. The molecular weight excluding hydrogens is 652 g/mol. The van der Waals surface area contributed by atoms with E-state index < -0.39 is 83.9 Å². The molecular formula is C29H34O17S. The minimum absolute atomic E-state index is 0.0736. The number of carbonyl (C=O) groups excluding carboxylic acids is 4. The number of hydrogen-bond acceptors (Lipinski definition) is 17. The molecule has 1 N–H and O–H groups in total. The SMILES string of the molecule is COc1cc(OS(=O)(=O)Oc2ccccc2OC2O[C@H](COC(C)=O)[C@H](OC(C)=O)[C@H](OC(C)=O)C2OC(C)=O)cc(OC)c1CO. The standard InChI is InChI=1S/C29H34O17S/c1-15(31)39-14-25-26(40-16(2)32)27(41-17(3)33)28(42-18(4)34)29(44-25)43-21-9-7-8-10-22(21)46-47(35,36)45-19-11-23(37-5)20(13-30)24(12-19)38-6/h7-12,25-30H,13-14H2,1-6H3/t25-,26+,27+,28?,29?/m1/s1. The maximum absolute atomic E-state index is 13.0. The normalized spacial score (nSPS) is 20.6. The van der Waals surface area contributed by atoms with Gasteiger partial charge in [-0.05, 0) is 12.1 Å². The number of ether oxygens (including phenoxy) is 8. The molecule has 0 amide bonds. The Morgan fingerprint density at radius 1 is 0.745 bits per heavy atom. The van der Waals surface area contributed by atoms with E-state index in [1.54, 1.807) is 0 Å². The predicted octanol–water partition coefficient (Wildman–Crippen LogP) is 1.36. The van der Waals surface area contributed by atoms with Crippen LogP contribution in [0.2, 0.25) is 0 Å². The van der Waals surface area contributed by atoms with E-state index in [0.29, 0.717) is 0 Å². The highest BCUT2D eigenvalue weighted by Gasteiger charge is 2.53. The van der Waals surface area contributed by atoms with Gasteiger partial charge in [0.15, 0.2) is 29.5 Å². The van der Waals surface area contributed by atoms with Gasteiger partial charge < -0.3 is 51.4 Å². The van der Waals surface area contributed by atoms with E-state index in [9.17, 15) is 32.7 Å². The highest BCUT2D eigenvalue weighted by Crippen LogP contribution is 2.37. The molecule has 3 rings (SSSR count). The van der Waals surface area contributed by atoms with Crippen molar-refractivity contribution in [1.82, 2.24) is 0 Å². The topological polar surface area (TPSA) is 215 Å². The smallest absolute Gasteiger partial charge is 0.496 e. The van der Waals surface area contributed by atoms with Gasteiger partial charge in [-0.25, -0.2) is 0 Å². The molecule has 2 aromatic carbocycles. The first kappa shape index (κ1) is 36.7. The highest BCUT2D eigenvalue weighted by molar-refractivity contribution is 7.82. The summed E-state index contributed by atoms with van der Waals surface area (Å²) in [5, 5.41) is 9.63. The Balaban J connectivity index is 1.98. The molecule has 1 heterocycles. The van der Waals surface area contributed by atoms with Crippen molar-refractivity contribution in [3.8, 4) is 28.7 Å². The zero-order valence-electron chi connectivity index (χ0n) is 26.2. The molecule has 1 saturated heterocycles. The van der Waals surface area contributed by atoms with Gasteiger partial charge in [-0.2, -0.15) is 0 Å². The lowest BCUT2D eigenvalue weighted by molar-refractivity contribution is -0.288. The van der Waals surface area contributed by atoms with Crippen molar-refractivity contribution in [2.45, 2.75) is 65.0 Å². The molecule has 18 heteroatoms. The number of aliphatic hydroxyl groups is 1. The van der Waals surface area contributed by atoms with Gasteiger partial charge in [0.2, 0.25) is 12.4 Å². The molecule has 2 aromatic rings.